The average molecular weight is 302 g/mol. The Kier molecular flexibility index (Phi) is 3.11. The second-order valence-electron chi connectivity index (χ2n) is 4.12. The van der Waals surface area contributed by atoms with E-state index in [0.717, 1.165) is 28.9 Å². The van der Waals surface area contributed by atoms with Crippen LogP contribution in [0.15, 0.2) is 53.4 Å². The second kappa shape index (κ2) is 4.90. The zero-order chi connectivity index (χ0) is 12.4. The molecule has 0 spiro atoms. The molecule has 2 aromatic heterocycles. The molecule has 18 heavy (non-hydrogen) atoms. The number of halogens is 1. The monoisotopic (exact) mass is 301 g/mol. The molecule has 0 atom stereocenters. The first kappa shape index (κ1) is 11.4. The summed E-state index contributed by atoms with van der Waals surface area (Å²) >= 11 is 3.45. The number of hydrogen-bond donors (Lipinski definition) is 0. The molecule has 0 saturated heterocycles. The van der Waals surface area contributed by atoms with Gasteiger partial charge in [0.1, 0.15) is 5.82 Å². The fourth-order valence-electron chi connectivity index (χ4n) is 2.03. The summed E-state index contributed by atoms with van der Waals surface area (Å²) in [5, 5.41) is 0. The van der Waals surface area contributed by atoms with Crippen molar-refractivity contribution >= 4 is 21.6 Å². The molecule has 0 aliphatic rings. The van der Waals surface area contributed by atoms with Crippen LogP contribution in [0.25, 0.3) is 5.65 Å². The minimum Gasteiger partial charge on any atom is -0.287 e. The lowest BCUT2D eigenvalue weighted by Gasteiger charge is -2.01. The van der Waals surface area contributed by atoms with E-state index in [1.165, 1.54) is 5.56 Å². The first-order valence-corrected chi connectivity index (χ1v) is 6.65. The zero-order valence-corrected chi connectivity index (χ0v) is 11.3. The van der Waals surface area contributed by atoms with Crippen LogP contribution < -0.4 is 0 Å². The fourth-order valence-corrected chi connectivity index (χ4v) is 2.52. The summed E-state index contributed by atoms with van der Waals surface area (Å²) in [5.41, 5.74) is 2.20. The van der Waals surface area contributed by atoms with Crippen molar-refractivity contribution in [3.63, 3.8) is 0 Å². The number of aryl methyl sites for hydroxylation is 2. The third-order valence-corrected chi connectivity index (χ3v) is 3.45. The van der Waals surface area contributed by atoms with Crippen LogP contribution in [-0.4, -0.2) is 14.4 Å². The summed E-state index contributed by atoms with van der Waals surface area (Å²) in [6, 6.07) is 12.4. The predicted molar refractivity (Wildman–Crippen MR) is 74.5 cm³/mol. The Labute approximate surface area is 114 Å². The Morgan fingerprint density at radius 2 is 1.89 bits per heavy atom. The van der Waals surface area contributed by atoms with E-state index in [1.54, 1.807) is 6.20 Å². The van der Waals surface area contributed by atoms with Crippen LogP contribution in [0.5, 0.6) is 0 Å². The average Bonchev–Trinajstić information content (AvgIpc) is 2.75. The van der Waals surface area contributed by atoms with E-state index in [9.17, 15) is 0 Å². The molecule has 3 nitrogen and oxygen atoms in total. The van der Waals surface area contributed by atoms with Gasteiger partial charge in [-0.3, -0.25) is 4.40 Å². The third kappa shape index (κ3) is 2.16. The van der Waals surface area contributed by atoms with E-state index in [4.69, 9.17) is 0 Å². The highest BCUT2D eigenvalue weighted by molar-refractivity contribution is 9.10. The number of rotatable bonds is 3. The maximum absolute atomic E-state index is 4.52. The molecular formula is C14H12BrN3. The highest BCUT2D eigenvalue weighted by atomic mass is 79.9. The number of nitrogens with zero attached hydrogens (tertiary/aromatic N) is 3. The van der Waals surface area contributed by atoms with Gasteiger partial charge >= 0.3 is 0 Å². The van der Waals surface area contributed by atoms with Gasteiger partial charge in [0, 0.05) is 18.8 Å². The first-order chi connectivity index (χ1) is 8.84. The van der Waals surface area contributed by atoms with E-state index < -0.39 is 0 Å². The summed E-state index contributed by atoms with van der Waals surface area (Å²) in [4.78, 5) is 8.83. The number of imidazole rings is 1. The summed E-state index contributed by atoms with van der Waals surface area (Å²) in [6.07, 6.45) is 5.67. The molecule has 0 aliphatic heterocycles. The summed E-state index contributed by atoms with van der Waals surface area (Å²) in [6.45, 7) is 0. The minimum atomic E-state index is 0.811. The van der Waals surface area contributed by atoms with Gasteiger partial charge in [0.15, 0.2) is 10.3 Å². The largest absolute Gasteiger partial charge is 0.287 e. The number of fused-ring (bicyclic) bond motifs is 1. The van der Waals surface area contributed by atoms with Crippen LogP contribution in [0.4, 0.5) is 0 Å². The second-order valence-corrected chi connectivity index (χ2v) is 4.87. The topological polar surface area (TPSA) is 30.2 Å². The van der Waals surface area contributed by atoms with E-state index in [-0.39, 0.29) is 0 Å². The quantitative estimate of drug-likeness (QED) is 0.743. The molecule has 0 aliphatic carbocycles. The molecule has 3 rings (SSSR count). The molecule has 0 saturated carbocycles. The van der Waals surface area contributed by atoms with Crippen LogP contribution in [0.3, 0.4) is 0 Å². The number of aromatic nitrogens is 3. The van der Waals surface area contributed by atoms with E-state index in [2.05, 4.69) is 50.2 Å². The van der Waals surface area contributed by atoms with E-state index in [1.807, 2.05) is 22.7 Å². The maximum atomic E-state index is 4.52. The molecule has 90 valence electrons. The summed E-state index contributed by atoms with van der Waals surface area (Å²) in [5.74, 6) is 1.04. The van der Waals surface area contributed by atoms with Crippen LogP contribution >= 0.6 is 15.9 Å². The number of hydrogen-bond acceptors (Lipinski definition) is 2. The molecule has 1 aromatic carbocycles. The predicted octanol–water partition coefficient (Wildman–Crippen LogP) is 3.28. The summed E-state index contributed by atoms with van der Waals surface area (Å²) < 4.78 is 2.85. The summed E-state index contributed by atoms with van der Waals surface area (Å²) in [7, 11) is 0. The molecule has 0 bridgehead atoms. The molecule has 4 heteroatoms. The zero-order valence-electron chi connectivity index (χ0n) is 9.75. The Morgan fingerprint density at radius 1 is 1.06 bits per heavy atom. The van der Waals surface area contributed by atoms with Crippen molar-refractivity contribution < 1.29 is 0 Å². The van der Waals surface area contributed by atoms with Crippen molar-refractivity contribution in [2.75, 3.05) is 0 Å². The van der Waals surface area contributed by atoms with Gasteiger partial charge in [-0.15, -0.1) is 0 Å². The lowest BCUT2D eigenvalue weighted by atomic mass is 10.1. The maximum Gasteiger partial charge on any atom is 0.171 e. The van der Waals surface area contributed by atoms with Gasteiger partial charge in [0.25, 0.3) is 0 Å². The normalized spacial score (nSPS) is 10.9. The molecule has 0 fully saturated rings. The number of benzene rings is 1. The van der Waals surface area contributed by atoms with Gasteiger partial charge in [-0.1, -0.05) is 30.3 Å². The van der Waals surface area contributed by atoms with Crippen molar-refractivity contribution in [2.24, 2.45) is 0 Å². The van der Waals surface area contributed by atoms with Crippen LogP contribution in [0, 0.1) is 0 Å². The van der Waals surface area contributed by atoms with Crippen molar-refractivity contribution in [3.8, 4) is 0 Å². The van der Waals surface area contributed by atoms with Crippen molar-refractivity contribution in [2.45, 2.75) is 12.8 Å². The van der Waals surface area contributed by atoms with Gasteiger partial charge in [-0.05, 0) is 34.0 Å². The molecule has 3 aromatic rings. The van der Waals surface area contributed by atoms with Gasteiger partial charge < -0.3 is 0 Å². The molecular weight excluding hydrogens is 290 g/mol. The lowest BCUT2D eigenvalue weighted by molar-refractivity contribution is 0.849. The van der Waals surface area contributed by atoms with Crippen molar-refractivity contribution in [3.05, 3.63) is 64.8 Å². The van der Waals surface area contributed by atoms with Gasteiger partial charge in [-0.2, -0.15) is 0 Å². The standard InChI is InChI=1S/C14H12BrN3/c15-13-14-16-9-4-10-18(14)12(17-13)8-7-11-5-2-1-3-6-11/h1-6,9-10H,7-8H2. The first-order valence-electron chi connectivity index (χ1n) is 5.86. The molecule has 0 N–H and O–H groups in total. The Balaban J connectivity index is 1.87. The van der Waals surface area contributed by atoms with Crippen LogP contribution in [0.2, 0.25) is 0 Å². The highest BCUT2D eigenvalue weighted by Gasteiger charge is 2.09. The highest BCUT2D eigenvalue weighted by Crippen LogP contribution is 2.17. The van der Waals surface area contributed by atoms with Gasteiger partial charge in [-0.25, -0.2) is 9.97 Å². The van der Waals surface area contributed by atoms with Crippen LogP contribution in [0.1, 0.15) is 11.4 Å². The van der Waals surface area contributed by atoms with Gasteiger partial charge in [0.05, 0.1) is 0 Å². The molecule has 2 heterocycles. The molecule has 0 amide bonds. The lowest BCUT2D eigenvalue weighted by Crippen LogP contribution is -1.98. The molecule has 0 radical (unpaired) electrons. The minimum absolute atomic E-state index is 0.811. The smallest absolute Gasteiger partial charge is 0.171 e. The SMILES string of the molecule is Brc1nc(CCc2ccccc2)n2cccnc12. The Bertz CT molecular complexity index is 661. The fraction of sp³-hybridized carbons (Fsp3) is 0.143. The molecule has 0 unspecified atom stereocenters. The Morgan fingerprint density at radius 3 is 2.72 bits per heavy atom. The van der Waals surface area contributed by atoms with Crippen molar-refractivity contribution in [1.29, 1.82) is 0 Å². The third-order valence-electron chi connectivity index (χ3n) is 2.92. The van der Waals surface area contributed by atoms with Crippen molar-refractivity contribution in [1.82, 2.24) is 14.4 Å². The van der Waals surface area contributed by atoms with E-state index >= 15 is 0 Å². The van der Waals surface area contributed by atoms with Crippen LogP contribution in [-0.2, 0) is 12.8 Å². The van der Waals surface area contributed by atoms with E-state index in [0.29, 0.717) is 0 Å². The Hall–Kier alpha value is -1.68. The van der Waals surface area contributed by atoms with Gasteiger partial charge in [0.2, 0.25) is 0 Å².